The molecule has 5 nitrogen and oxygen atoms in total. The van der Waals surface area contributed by atoms with Gasteiger partial charge in [0, 0.05) is 31.8 Å². The summed E-state index contributed by atoms with van der Waals surface area (Å²) in [5, 5.41) is 14.2. The van der Waals surface area contributed by atoms with Gasteiger partial charge in [0.1, 0.15) is 0 Å². The number of nitrogens with one attached hydrogen (secondary N) is 1. The number of benzene rings is 3. The van der Waals surface area contributed by atoms with Gasteiger partial charge in [0.25, 0.3) is 5.91 Å². The fourth-order valence-corrected chi connectivity index (χ4v) is 6.03. The predicted molar refractivity (Wildman–Crippen MR) is 146 cm³/mol. The Balaban J connectivity index is 1.38. The van der Waals surface area contributed by atoms with Crippen molar-refractivity contribution in [1.29, 1.82) is 0 Å². The summed E-state index contributed by atoms with van der Waals surface area (Å²) >= 11 is 21.3. The van der Waals surface area contributed by atoms with Crippen molar-refractivity contribution in [3.8, 4) is 11.3 Å². The maximum Gasteiger partial charge on any atom is 0.258 e. The van der Waals surface area contributed by atoms with Gasteiger partial charge in [0.15, 0.2) is 4.34 Å². The second kappa shape index (κ2) is 10.5. The summed E-state index contributed by atoms with van der Waals surface area (Å²) in [5.41, 5.74) is 3.58. The van der Waals surface area contributed by atoms with Gasteiger partial charge in [-0.2, -0.15) is 0 Å². The van der Waals surface area contributed by atoms with Gasteiger partial charge in [0.2, 0.25) is 5.13 Å². The van der Waals surface area contributed by atoms with Gasteiger partial charge in [-0.05, 0) is 42.0 Å². The Morgan fingerprint density at radius 3 is 2.43 bits per heavy atom. The van der Waals surface area contributed by atoms with Crippen molar-refractivity contribution in [2.24, 2.45) is 0 Å². The van der Waals surface area contributed by atoms with E-state index >= 15 is 0 Å². The zero-order valence-electron chi connectivity index (χ0n) is 17.8. The summed E-state index contributed by atoms with van der Waals surface area (Å²) in [6.07, 6.45) is 0. The fraction of sp³-hybridized carbons (Fsp3) is 0.0400. The summed E-state index contributed by atoms with van der Waals surface area (Å²) in [6.45, 7) is 0. The van der Waals surface area contributed by atoms with Crippen molar-refractivity contribution in [3.05, 3.63) is 99.0 Å². The minimum atomic E-state index is -0.291. The molecule has 0 radical (unpaired) electrons. The fourth-order valence-electron chi connectivity index (χ4n) is 3.42. The molecule has 2 heterocycles. The second-order valence-corrected chi connectivity index (χ2v) is 10.8. The van der Waals surface area contributed by atoms with E-state index in [9.17, 15) is 4.79 Å². The van der Waals surface area contributed by atoms with Crippen LogP contribution in [0.15, 0.2) is 77.1 Å². The average molecular weight is 558 g/mol. The lowest BCUT2D eigenvalue weighted by Crippen LogP contribution is -2.13. The topological polar surface area (TPSA) is 67.8 Å². The largest absolute Gasteiger partial charge is 0.296 e. The third kappa shape index (κ3) is 5.44. The zero-order chi connectivity index (χ0) is 24.4. The lowest BCUT2D eigenvalue weighted by atomic mass is 10.0. The van der Waals surface area contributed by atoms with Gasteiger partial charge >= 0.3 is 0 Å². The molecule has 1 N–H and O–H groups in total. The number of amides is 1. The van der Waals surface area contributed by atoms with Crippen molar-refractivity contribution in [2.75, 3.05) is 5.32 Å². The van der Waals surface area contributed by atoms with E-state index in [1.165, 1.54) is 23.1 Å². The Morgan fingerprint density at radius 2 is 1.66 bits per heavy atom. The molecule has 0 unspecified atom stereocenters. The lowest BCUT2D eigenvalue weighted by molar-refractivity contribution is 0.102. The van der Waals surface area contributed by atoms with Crippen LogP contribution in [0.1, 0.15) is 15.9 Å². The highest BCUT2D eigenvalue weighted by Crippen LogP contribution is 2.34. The van der Waals surface area contributed by atoms with Crippen LogP contribution in [0.2, 0.25) is 15.1 Å². The molecule has 0 atom stereocenters. The number of anilines is 1. The molecule has 0 aliphatic heterocycles. The Labute approximate surface area is 224 Å². The van der Waals surface area contributed by atoms with E-state index in [0.29, 0.717) is 41.5 Å². The van der Waals surface area contributed by atoms with Crippen LogP contribution in [-0.4, -0.2) is 21.1 Å². The quantitative estimate of drug-likeness (QED) is 0.168. The van der Waals surface area contributed by atoms with Crippen molar-refractivity contribution in [1.82, 2.24) is 15.2 Å². The van der Waals surface area contributed by atoms with E-state index in [1.54, 1.807) is 36.4 Å². The van der Waals surface area contributed by atoms with Crippen LogP contribution < -0.4 is 5.32 Å². The molecule has 0 spiro atoms. The van der Waals surface area contributed by atoms with Gasteiger partial charge in [0.05, 0.1) is 16.8 Å². The number of hydrogen-bond donors (Lipinski definition) is 1. The van der Waals surface area contributed by atoms with Crippen molar-refractivity contribution in [3.63, 3.8) is 0 Å². The van der Waals surface area contributed by atoms with Crippen molar-refractivity contribution < 1.29 is 4.79 Å². The van der Waals surface area contributed by atoms with Gasteiger partial charge in [-0.1, -0.05) is 94.3 Å². The molecule has 3 aromatic carbocycles. The number of rotatable bonds is 6. The number of halogens is 3. The highest BCUT2D eigenvalue weighted by molar-refractivity contribution is 8.00. The molecule has 0 saturated carbocycles. The second-order valence-electron chi connectivity index (χ2n) is 7.40. The molecule has 5 aromatic rings. The highest BCUT2D eigenvalue weighted by Gasteiger charge is 2.17. The molecular weight excluding hydrogens is 543 g/mol. The molecule has 0 aliphatic rings. The smallest absolute Gasteiger partial charge is 0.258 e. The molecule has 1 amide bonds. The van der Waals surface area contributed by atoms with Crippen LogP contribution in [0.4, 0.5) is 5.13 Å². The maximum atomic E-state index is 13.3. The van der Waals surface area contributed by atoms with E-state index in [0.717, 1.165) is 22.0 Å². The van der Waals surface area contributed by atoms with E-state index in [4.69, 9.17) is 39.8 Å². The SMILES string of the molecule is O=C(Nc1nnc(SCc2c(Cl)cccc2Cl)s1)c1cc(-c2ccc(Cl)cc2)nc2ccccc12. The maximum absolute atomic E-state index is 13.3. The Morgan fingerprint density at radius 1 is 0.914 bits per heavy atom. The standard InChI is InChI=1S/C25H15Cl3N4OS2/c26-15-10-8-14(9-11-15)22-12-17(16-4-1-2-7-21(16)29-22)23(33)30-24-31-32-25(35-24)34-13-18-19(27)5-3-6-20(18)28/h1-12H,13H2,(H,30,31,33). The Bertz CT molecular complexity index is 1520. The summed E-state index contributed by atoms with van der Waals surface area (Å²) in [4.78, 5) is 18.0. The lowest BCUT2D eigenvalue weighted by Gasteiger charge is -2.09. The van der Waals surface area contributed by atoms with E-state index < -0.39 is 0 Å². The van der Waals surface area contributed by atoms with Crippen LogP contribution in [0, 0.1) is 0 Å². The van der Waals surface area contributed by atoms with Crippen LogP contribution in [-0.2, 0) is 5.75 Å². The summed E-state index contributed by atoms with van der Waals surface area (Å²) in [7, 11) is 0. The number of para-hydroxylation sites is 1. The Hall–Kier alpha value is -2.68. The van der Waals surface area contributed by atoms with E-state index in [1.807, 2.05) is 36.4 Å². The number of hydrogen-bond acceptors (Lipinski definition) is 6. The molecule has 0 bridgehead atoms. The first-order chi connectivity index (χ1) is 17.0. The normalized spacial score (nSPS) is 11.1. The number of nitrogens with zero attached hydrogens (tertiary/aromatic N) is 3. The third-order valence-electron chi connectivity index (χ3n) is 5.13. The molecule has 0 aliphatic carbocycles. The average Bonchev–Trinajstić information content (AvgIpc) is 3.30. The van der Waals surface area contributed by atoms with E-state index in [-0.39, 0.29) is 5.91 Å². The van der Waals surface area contributed by atoms with Crippen LogP contribution >= 0.6 is 57.9 Å². The van der Waals surface area contributed by atoms with Crippen molar-refractivity contribution >= 4 is 79.8 Å². The van der Waals surface area contributed by atoms with Gasteiger partial charge < -0.3 is 0 Å². The van der Waals surface area contributed by atoms with Crippen molar-refractivity contribution in [2.45, 2.75) is 10.1 Å². The first-order valence-electron chi connectivity index (χ1n) is 10.3. The number of carbonyl (C=O) groups excluding carboxylic acids is 1. The van der Waals surface area contributed by atoms with Gasteiger partial charge in [-0.25, -0.2) is 4.98 Å². The van der Waals surface area contributed by atoms with Gasteiger partial charge in [-0.15, -0.1) is 10.2 Å². The zero-order valence-corrected chi connectivity index (χ0v) is 21.7. The number of fused-ring (bicyclic) bond motifs is 1. The van der Waals surface area contributed by atoms with Crippen LogP contribution in [0.25, 0.3) is 22.2 Å². The first kappa shape index (κ1) is 24.0. The van der Waals surface area contributed by atoms with Crippen LogP contribution in [0.5, 0.6) is 0 Å². The predicted octanol–water partition coefficient (Wildman–Crippen LogP) is 8.26. The summed E-state index contributed by atoms with van der Waals surface area (Å²) in [5.74, 6) is 0.251. The first-order valence-corrected chi connectivity index (χ1v) is 13.3. The number of carbonyl (C=O) groups is 1. The molecular formula is C25H15Cl3N4OS2. The molecule has 174 valence electrons. The molecule has 5 rings (SSSR count). The summed E-state index contributed by atoms with van der Waals surface area (Å²) in [6, 6.07) is 22.0. The molecule has 35 heavy (non-hydrogen) atoms. The molecule has 0 fully saturated rings. The molecule has 0 saturated heterocycles. The number of aromatic nitrogens is 3. The Kier molecular flexibility index (Phi) is 7.22. The minimum Gasteiger partial charge on any atom is -0.296 e. The monoisotopic (exact) mass is 556 g/mol. The molecule has 10 heteroatoms. The van der Waals surface area contributed by atoms with E-state index in [2.05, 4.69) is 15.5 Å². The molecule has 2 aromatic heterocycles. The summed E-state index contributed by atoms with van der Waals surface area (Å²) < 4.78 is 0.692. The van der Waals surface area contributed by atoms with Gasteiger partial charge in [-0.3, -0.25) is 10.1 Å². The number of pyridine rings is 1. The highest BCUT2D eigenvalue weighted by atomic mass is 35.5. The van der Waals surface area contributed by atoms with Crippen LogP contribution in [0.3, 0.4) is 0 Å². The minimum absolute atomic E-state index is 0.291. The number of thioether (sulfide) groups is 1. The third-order valence-corrected chi connectivity index (χ3v) is 8.09.